The molecule has 0 heterocycles. The molecule has 2 N–H and O–H groups in total. The van der Waals surface area contributed by atoms with E-state index in [0.29, 0.717) is 12.3 Å². The molecule has 0 saturated heterocycles. The van der Waals surface area contributed by atoms with Crippen LogP contribution in [0.1, 0.15) is 57.9 Å². The minimum absolute atomic E-state index is 0.142. The average Bonchev–Trinajstić information content (AvgIpc) is 2.53. The monoisotopic (exact) mass is 305 g/mol. The lowest BCUT2D eigenvalue weighted by Crippen LogP contribution is -2.41. The Morgan fingerprint density at radius 1 is 1.18 bits per heavy atom. The van der Waals surface area contributed by atoms with Crippen LogP contribution in [0, 0.1) is 5.92 Å². The topological polar surface area (TPSA) is 49.3 Å². The van der Waals surface area contributed by atoms with Crippen LogP contribution in [-0.2, 0) is 11.2 Å². The number of unbranched alkanes of at least 4 members (excludes halogenated alkanes) is 2. The van der Waals surface area contributed by atoms with Gasteiger partial charge in [-0.2, -0.15) is 0 Å². The van der Waals surface area contributed by atoms with Crippen LogP contribution in [0.3, 0.4) is 0 Å². The third kappa shape index (κ3) is 7.60. The SMILES string of the molecule is CCCCCC(=O)N[C@@H](Cc1ccccc1)[C@@H](C)CCCO. The Morgan fingerprint density at radius 3 is 2.55 bits per heavy atom. The summed E-state index contributed by atoms with van der Waals surface area (Å²) < 4.78 is 0. The number of benzene rings is 1. The molecule has 2 atom stereocenters. The maximum Gasteiger partial charge on any atom is 0.220 e. The summed E-state index contributed by atoms with van der Waals surface area (Å²) in [5, 5.41) is 12.2. The largest absolute Gasteiger partial charge is 0.396 e. The van der Waals surface area contributed by atoms with E-state index in [1.54, 1.807) is 0 Å². The molecule has 1 aromatic carbocycles. The Bertz CT molecular complexity index is 405. The van der Waals surface area contributed by atoms with Crippen molar-refractivity contribution in [2.24, 2.45) is 5.92 Å². The Balaban J connectivity index is 2.58. The first-order valence-electron chi connectivity index (χ1n) is 8.61. The third-order valence-corrected chi connectivity index (χ3v) is 4.16. The van der Waals surface area contributed by atoms with Crippen molar-refractivity contribution in [2.45, 2.75) is 64.8 Å². The van der Waals surface area contributed by atoms with Crippen molar-refractivity contribution in [3.05, 3.63) is 35.9 Å². The molecule has 1 aromatic rings. The van der Waals surface area contributed by atoms with Crippen LogP contribution < -0.4 is 5.32 Å². The molecule has 0 aromatic heterocycles. The molecule has 1 amide bonds. The standard InChI is InChI=1S/C19H31NO2/c1-3-4-6-13-19(22)20-18(16(2)10-9-14-21)15-17-11-7-5-8-12-17/h5,7-8,11-12,16,18,21H,3-4,6,9-10,13-15H2,1-2H3,(H,20,22)/t16-,18-/m0/s1. The lowest BCUT2D eigenvalue weighted by molar-refractivity contribution is -0.122. The molecule has 124 valence electrons. The molecule has 0 radical (unpaired) electrons. The van der Waals surface area contributed by atoms with Crippen LogP contribution in [0.5, 0.6) is 0 Å². The van der Waals surface area contributed by atoms with Gasteiger partial charge >= 0.3 is 0 Å². The third-order valence-electron chi connectivity index (χ3n) is 4.16. The van der Waals surface area contributed by atoms with Crippen LogP contribution in [0.4, 0.5) is 0 Å². The highest BCUT2D eigenvalue weighted by Crippen LogP contribution is 2.16. The molecule has 3 nitrogen and oxygen atoms in total. The van der Waals surface area contributed by atoms with Gasteiger partial charge in [0.2, 0.25) is 5.91 Å². The van der Waals surface area contributed by atoms with Gasteiger partial charge in [-0.3, -0.25) is 4.79 Å². The Morgan fingerprint density at radius 2 is 1.91 bits per heavy atom. The quantitative estimate of drug-likeness (QED) is 0.612. The van der Waals surface area contributed by atoms with Crippen molar-refractivity contribution < 1.29 is 9.90 Å². The predicted octanol–water partition coefficient (Wildman–Crippen LogP) is 3.70. The number of hydrogen-bond donors (Lipinski definition) is 2. The highest BCUT2D eigenvalue weighted by Gasteiger charge is 2.19. The van der Waals surface area contributed by atoms with Gasteiger partial charge in [-0.25, -0.2) is 0 Å². The highest BCUT2D eigenvalue weighted by molar-refractivity contribution is 5.76. The molecular formula is C19H31NO2. The number of aliphatic hydroxyl groups is 1. The highest BCUT2D eigenvalue weighted by atomic mass is 16.2. The van der Waals surface area contributed by atoms with E-state index in [1.807, 2.05) is 18.2 Å². The normalized spacial score (nSPS) is 13.6. The fourth-order valence-corrected chi connectivity index (χ4v) is 2.69. The lowest BCUT2D eigenvalue weighted by Gasteiger charge is -2.25. The van der Waals surface area contributed by atoms with Gasteiger partial charge in [0, 0.05) is 19.1 Å². The molecule has 0 aliphatic carbocycles. The Kier molecular flexibility index (Phi) is 9.56. The van der Waals surface area contributed by atoms with E-state index in [4.69, 9.17) is 5.11 Å². The first-order valence-corrected chi connectivity index (χ1v) is 8.61. The van der Waals surface area contributed by atoms with Gasteiger partial charge in [0.15, 0.2) is 0 Å². The van der Waals surface area contributed by atoms with Crippen LogP contribution >= 0.6 is 0 Å². The number of hydrogen-bond acceptors (Lipinski definition) is 2. The van der Waals surface area contributed by atoms with Crippen molar-refractivity contribution in [3.8, 4) is 0 Å². The van der Waals surface area contributed by atoms with E-state index in [-0.39, 0.29) is 18.6 Å². The van der Waals surface area contributed by atoms with Crippen LogP contribution in [0.2, 0.25) is 0 Å². The first kappa shape index (κ1) is 18.7. The van der Waals surface area contributed by atoms with Gasteiger partial charge in [-0.05, 0) is 37.2 Å². The molecule has 22 heavy (non-hydrogen) atoms. The molecule has 0 aliphatic heterocycles. The molecule has 0 spiro atoms. The van der Waals surface area contributed by atoms with Gasteiger partial charge in [0.25, 0.3) is 0 Å². The smallest absolute Gasteiger partial charge is 0.220 e. The molecule has 0 fully saturated rings. The maximum absolute atomic E-state index is 12.1. The number of aliphatic hydroxyl groups excluding tert-OH is 1. The van der Waals surface area contributed by atoms with Crippen molar-refractivity contribution in [2.75, 3.05) is 6.61 Å². The summed E-state index contributed by atoms with van der Waals surface area (Å²) in [5.41, 5.74) is 1.25. The van der Waals surface area contributed by atoms with E-state index in [2.05, 4.69) is 31.3 Å². The Hall–Kier alpha value is -1.35. The summed E-state index contributed by atoms with van der Waals surface area (Å²) in [6.45, 7) is 4.52. The van der Waals surface area contributed by atoms with Crippen molar-refractivity contribution in [1.29, 1.82) is 0 Å². The van der Waals surface area contributed by atoms with Gasteiger partial charge in [0.1, 0.15) is 0 Å². The number of amides is 1. The van der Waals surface area contributed by atoms with E-state index >= 15 is 0 Å². The Labute approximate surface area is 135 Å². The van der Waals surface area contributed by atoms with Gasteiger partial charge in [0.05, 0.1) is 0 Å². The average molecular weight is 305 g/mol. The lowest BCUT2D eigenvalue weighted by atomic mass is 9.91. The number of carbonyl (C=O) groups is 1. The predicted molar refractivity (Wildman–Crippen MR) is 91.7 cm³/mol. The second-order valence-corrected chi connectivity index (χ2v) is 6.16. The zero-order chi connectivity index (χ0) is 16.2. The molecule has 0 unspecified atom stereocenters. The summed E-state index contributed by atoms with van der Waals surface area (Å²) >= 11 is 0. The molecule has 0 saturated carbocycles. The maximum atomic E-state index is 12.1. The number of rotatable bonds is 11. The van der Waals surface area contributed by atoms with E-state index < -0.39 is 0 Å². The van der Waals surface area contributed by atoms with Crippen molar-refractivity contribution in [1.82, 2.24) is 5.32 Å². The summed E-state index contributed by atoms with van der Waals surface area (Å²) in [5.74, 6) is 0.521. The van der Waals surface area contributed by atoms with Crippen molar-refractivity contribution >= 4 is 5.91 Å². The number of nitrogens with one attached hydrogen (secondary N) is 1. The molecule has 0 bridgehead atoms. The van der Waals surface area contributed by atoms with Crippen LogP contribution in [0.15, 0.2) is 30.3 Å². The summed E-state index contributed by atoms with van der Waals surface area (Å²) in [6, 6.07) is 10.4. The van der Waals surface area contributed by atoms with Crippen LogP contribution in [-0.4, -0.2) is 23.7 Å². The first-order chi connectivity index (χ1) is 10.7. The zero-order valence-corrected chi connectivity index (χ0v) is 14.1. The minimum Gasteiger partial charge on any atom is -0.396 e. The molecule has 3 heteroatoms. The fourth-order valence-electron chi connectivity index (χ4n) is 2.69. The molecule has 1 rings (SSSR count). The van der Waals surface area contributed by atoms with E-state index in [1.165, 1.54) is 5.56 Å². The van der Waals surface area contributed by atoms with Gasteiger partial charge < -0.3 is 10.4 Å². The zero-order valence-electron chi connectivity index (χ0n) is 14.1. The van der Waals surface area contributed by atoms with Gasteiger partial charge in [-0.1, -0.05) is 57.0 Å². The fraction of sp³-hybridized carbons (Fsp3) is 0.632. The van der Waals surface area contributed by atoms with E-state index in [9.17, 15) is 4.79 Å². The summed E-state index contributed by atoms with van der Waals surface area (Å²) in [4.78, 5) is 12.1. The van der Waals surface area contributed by atoms with Gasteiger partial charge in [-0.15, -0.1) is 0 Å². The molecular weight excluding hydrogens is 274 g/mol. The van der Waals surface area contributed by atoms with Crippen LogP contribution in [0.25, 0.3) is 0 Å². The number of carbonyl (C=O) groups excluding carboxylic acids is 1. The van der Waals surface area contributed by atoms with E-state index in [0.717, 1.165) is 38.5 Å². The van der Waals surface area contributed by atoms with Crippen molar-refractivity contribution in [3.63, 3.8) is 0 Å². The minimum atomic E-state index is 0.142. The summed E-state index contributed by atoms with van der Waals surface area (Å²) in [7, 11) is 0. The summed E-state index contributed by atoms with van der Waals surface area (Å²) in [6.07, 6.45) is 6.40. The molecule has 0 aliphatic rings. The second kappa shape index (κ2) is 11.2. The second-order valence-electron chi connectivity index (χ2n) is 6.16.